The molecule has 5 rings (SSSR count). The first kappa shape index (κ1) is 18.0. The van der Waals surface area contributed by atoms with Gasteiger partial charge in [-0.3, -0.25) is 0 Å². The second kappa shape index (κ2) is 7.11. The van der Waals surface area contributed by atoms with Crippen molar-refractivity contribution in [3.63, 3.8) is 0 Å². The minimum Gasteiger partial charge on any atom is -0.464 e. The quantitative estimate of drug-likeness (QED) is 0.400. The molecule has 0 radical (unpaired) electrons. The lowest BCUT2D eigenvalue weighted by molar-refractivity contribution is -0.0190. The first-order valence-corrected chi connectivity index (χ1v) is 10.5. The summed E-state index contributed by atoms with van der Waals surface area (Å²) in [5, 5.41) is 8.03. The summed E-state index contributed by atoms with van der Waals surface area (Å²) < 4.78 is 7.39. The van der Waals surface area contributed by atoms with Gasteiger partial charge in [0.25, 0.3) is 0 Å². The Balaban J connectivity index is 1.59. The van der Waals surface area contributed by atoms with E-state index >= 15 is 0 Å². The third-order valence-corrected chi connectivity index (χ3v) is 6.37. The summed E-state index contributed by atoms with van der Waals surface area (Å²) in [6.45, 7) is 0. The summed E-state index contributed by atoms with van der Waals surface area (Å²) in [4.78, 5) is 0. The van der Waals surface area contributed by atoms with Crippen LogP contribution in [0.3, 0.4) is 0 Å². The first-order valence-electron chi connectivity index (χ1n) is 8.92. The number of nitrogens with zero attached hydrogens (tertiary/aromatic N) is 2. The average Bonchev–Trinajstić information content (AvgIpc) is 3.16. The highest BCUT2D eigenvalue weighted by Gasteiger charge is 2.40. The van der Waals surface area contributed by atoms with E-state index in [2.05, 4.69) is 34.1 Å². The summed E-state index contributed by atoms with van der Waals surface area (Å²) in [6.07, 6.45) is 0.461. The summed E-state index contributed by atoms with van der Waals surface area (Å²) in [7, 11) is 0. The summed E-state index contributed by atoms with van der Waals surface area (Å²) >= 11 is 15.9. The maximum Gasteiger partial charge on any atom is 0.213 e. The summed E-state index contributed by atoms with van der Waals surface area (Å²) in [5.74, 6) is 0.882. The molecule has 2 heterocycles. The van der Waals surface area contributed by atoms with E-state index in [1.807, 2.05) is 47.5 Å². The maximum atomic E-state index is 6.34. The number of para-hydroxylation sites is 1. The SMILES string of the molecule is Clc1ccc(C2Oc3ccccc3C3CC(c4ccc(Br)cc4)=NN32)cc1Cl. The highest BCUT2D eigenvalue weighted by atomic mass is 79.9. The van der Waals surface area contributed by atoms with Crippen LogP contribution in [0, 0.1) is 0 Å². The topological polar surface area (TPSA) is 24.8 Å². The highest BCUT2D eigenvalue weighted by molar-refractivity contribution is 9.10. The van der Waals surface area contributed by atoms with Gasteiger partial charge in [-0.15, -0.1) is 0 Å². The Morgan fingerprint density at radius 2 is 1.75 bits per heavy atom. The number of hydrogen-bond acceptors (Lipinski definition) is 3. The number of benzene rings is 3. The molecule has 3 nitrogen and oxygen atoms in total. The van der Waals surface area contributed by atoms with Gasteiger partial charge in [0, 0.05) is 22.0 Å². The zero-order valence-corrected chi connectivity index (χ0v) is 17.7. The van der Waals surface area contributed by atoms with Crippen LogP contribution in [-0.4, -0.2) is 10.7 Å². The van der Waals surface area contributed by atoms with Crippen LogP contribution in [0.5, 0.6) is 5.75 Å². The predicted octanol–water partition coefficient (Wildman–Crippen LogP) is 7.00. The van der Waals surface area contributed by atoms with Gasteiger partial charge in [0.1, 0.15) is 5.75 Å². The van der Waals surface area contributed by atoms with Crippen LogP contribution >= 0.6 is 39.1 Å². The molecule has 0 bridgehead atoms. The van der Waals surface area contributed by atoms with E-state index in [0.29, 0.717) is 10.0 Å². The van der Waals surface area contributed by atoms with E-state index in [1.54, 1.807) is 6.07 Å². The number of rotatable bonds is 2. The Kier molecular flexibility index (Phi) is 4.58. The van der Waals surface area contributed by atoms with E-state index in [0.717, 1.165) is 39.0 Å². The van der Waals surface area contributed by atoms with E-state index in [1.165, 1.54) is 0 Å². The van der Waals surface area contributed by atoms with Crippen molar-refractivity contribution in [3.05, 3.63) is 97.9 Å². The van der Waals surface area contributed by atoms with Gasteiger partial charge >= 0.3 is 0 Å². The smallest absolute Gasteiger partial charge is 0.213 e. The summed E-state index contributed by atoms with van der Waals surface area (Å²) in [5.41, 5.74) is 4.23. The van der Waals surface area contributed by atoms with E-state index in [-0.39, 0.29) is 12.3 Å². The van der Waals surface area contributed by atoms with Crippen LogP contribution in [0.15, 0.2) is 76.3 Å². The third kappa shape index (κ3) is 3.10. The van der Waals surface area contributed by atoms with Gasteiger partial charge in [-0.05, 0) is 35.9 Å². The van der Waals surface area contributed by atoms with Crippen molar-refractivity contribution in [1.29, 1.82) is 0 Å². The molecule has 2 aliphatic heterocycles. The van der Waals surface area contributed by atoms with Crippen LogP contribution in [0.4, 0.5) is 0 Å². The zero-order chi connectivity index (χ0) is 19.3. The van der Waals surface area contributed by atoms with Gasteiger partial charge < -0.3 is 4.74 Å². The Morgan fingerprint density at radius 3 is 2.54 bits per heavy atom. The van der Waals surface area contributed by atoms with Gasteiger partial charge in [-0.1, -0.05) is 75.5 Å². The minimum absolute atomic E-state index is 0.114. The van der Waals surface area contributed by atoms with Crippen molar-refractivity contribution in [3.8, 4) is 5.75 Å². The molecule has 0 saturated carbocycles. The lowest BCUT2D eigenvalue weighted by Gasteiger charge is -2.38. The molecular formula is C22H15BrCl2N2O. The largest absolute Gasteiger partial charge is 0.464 e. The fourth-order valence-electron chi connectivity index (χ4n) is 3.74. The fraction of sp³-hybridized carbons (Fsp3) is 0.136. The number of fused-ring (bicyclic) bond motifs is 3. The molecule has 3 aromatic carbocycles. The van der Waals surface area contributed by atoms with Crippen LogP contribution in [0.25, 0.3) is 0 Å². The lowest BCUT2D eigenvalue weighted by Crippen LogP contribution is -2.33. The predicted molar refractivity (Wildman–Crippen MR) is 116 cm³/mol. The standard InChI is InChI=1S/C22H15BrCl2N2O/c23-15-8-5-13(6-9-15)19-12-20-16-3-1-2-4-21(16)28-22(27(20)26-19)14-7-10-17(24)18(25)11-14/h1-11,20,22H,12H2. The molecular weight excluding hydrogens is 459 g/mol. The molecule has 0 spiro atoms. The number of ether oxygens (including phenoxy) is 1. The molecule has 2 atom stereocenters. The van der Waals surface area contributed by atoms with Crippen LogP contribution in [0.1, 0.15) is 35.4 Å². The van der Waals surface area contributed by atoms with Crippen LogP contribution < -0.4 is 4.74 Å². The van der Waals surface area contributed by atoms with E-state index < -0.39 is 0 Å². The average molecular weight is 474 g/mol. The molecule has 0 aliphatic carbocycles. The maximum absolute atomic E-state index is 6.34. The van der Waals surface area contributed by atoms with Gasteiger partial charge in [0.15, 0.2) is 0 Å². The molecule has 2 aliphatic rings. The Bertz CT molecular complexity index is 1080. The van der Waals surface area contributed by atoms with Gasteiger partial charge in [-0.2, -0.15) is 5.10 Å². The molecule has 0 saturated heterocycles. The van der Waals surface area contributed by atoms with Gasteiger partial charge in [0.05, 0.1) is 21.8 Å². The number of halogens is 3. The Morgan fingerprint density at radius 1 is 0.964 bits per heavy atom. The molecule has 0 N–H and O–H groups in total. The molecule has 0 fully saturated rings. The second-order valence-corrected chi connectivity index (χ2v) is 8.57. The molecule has 0 amide bonds. The zero-order valence-electron chi connectivity index (χ0n) is 14.6. The van der Waals surface area contributed by atoms with Crippen molar-refractivity contribution >= 4 is 44.8 Å². The minimum atomic E-state index is -0.359. The van der Waals surface area contributed by atoms with Crippen molar-refractivity contribution < 1.29 is 4.74 Å². The monoisotopic (exact) mass is 472 g/mol. The fourth-order valence-corrected chi connectivity index (χ4v) is 4.31. The number of hydrogen-bond donors (Lipinski definition) is 0. The highest BCUT2D eigenvalue weighted by Crippen LogP contribution is 2.47. The summed E-state index contributed by atoms with van der Waals surface area (Å²) in [6, 6.07) is 22.1. The lowest BCUT2D eigenvalue weighted by atomic mass is 9.96. The van der Waals surface area contributed by atoms with Crippen molar-refractivity contribution in [2.45, 2.75) is 18.7 Å². The molecule has 2 unspecified atom stereocenters. The second-order valence-electron chi connectivity index (χ2n) is 6.84. The van der Waals surface area contributed by atoms with Crippen molar-refractivity contribution in [2.24, 2.45) is 5.10 Å². The van der Waals surface area contributed by atoms with Crippen LogP contribution in [0.2, 0.25) is 10.0 Å². The Labute approximate surface area is 181 Å². The Hall–Kier alpha value is -2.01. The van der Waals surface area contributed by atoms with E-state index in [9.17, 15) is 0 Å². The van der Waals surface area contributed by atoms with Crippen molar-refractivity contribution in [2.75, 3.05) is 0 Å². The van der Waals surface area contributed by atoms with Gasteiger partial charge in [0.2, 0.25) is 6.23 Å². The van der Waals surface area contributed by atoms with Crippen molar-refractivity contribution in [1.82, 2.24) is 5.01 Å². The molecule has 3 aromatic rings. The molecule has 6 heteroatoms. The third-order valence-electron chi connectivity index (χ3n) is 5.11. The van der Waals surface area contributed by atoms with Crippen LogP contribution in [-0.2, 0) is 0 Å². The molecule has 140 valence electrons. The molecule has 28 heavy (non-hydrogen) atoms. The van der Waals surface area contributed by atoms with Gasteiger partial charge in [-0.25, -0.2) is 5.01 Å². The first-order chi connectivity index (χ1) is 13.6. The number of hydrazone groups is 1. The normalized spacial score (nSPS) is 20.2. The molecule has 0 aromatic heterocycles. The van der Waals surface area contributed by atoms with E-state index in [4.69, 9.17) is 33.0 Å².